The molecule has 6 nitrogen and oxygen atoms in total. The number of hydrogen-bond acceptors (Lipinski definition) is 5. The molecule has 6 heteroatoms. The Balaban J connectivity index is 1.41. The Labute approximate surface area is 159 Å². The largest absolute Gasteiger partial charge is 0.493 e. The Hall–Kier alpha value is -2.57. The van der Waals surface area contributed by atoms with Crippen LogP contribution in [0.1, 0.15) is 5.56 Å². The van der Waals surface area contributed by atoms with E-state index in [9.17, 15) is 0 Å². The molecule has 0 saturated carbocycles. The fraction of sp³-hybridized carbons (Fsp3) is 0.381. The molecule has 0 unspecified atom stereocenters. The predicted octanol–water partition coefficient (Wildman–Crippen LogP) is 2.96. The first kappa shape index (κ1) is 17.8. The van der Waals surface area contributed by atoms with Crippen molar-refractivity contribution < 1.29 is 14.2 Å². The van der Waals surface area contributed by atoms with Gasteiger partial charge in [-0.25, -0.2) is 4.98 Å². The van der Waals surface area contributed by atoms with Crippen molar-refractivity contribution in [3.05, 3.63) is 54.4 Å². The van der Waals surface area contributed by atoms with Gasteiger partial charge in [-0.1, -0.05) is 18.2 Å². The molecule has 1 aliphatic rings. The lowest BCUT2D eigenvalue weighted by Gasteiger charge is -2.26. The van der Waals surface area contributed by atoms with Crippen molar-refractivity contribution in [3.63, 3.8) is 0 Å². The number of hydrogen-bond donors (Lipinski definition) is 0. The fourth-order valence-electron chi connectivity index (χ4n) is 3.39. The van der Waals surface area contributed by atoms with Crippen molar-refractivity contribution in [1.29, 1.82) is 0 Å². The fourth-order valence-corrected chi connectivity index (χ4v) is 3.39. The second-order valence-corrected chi connectivity index (χ2v) is 6.65. The number of ether oxygens (including phenoxy) is 3. The standard InChI is InChI=1S/C21H25N3O3/c1-25-20-7-6-17(15-23-8-11-26-12-9-23)14-21(20)27-13-10-24-16-22-18-4-2-3-5-19(18)24/h2-7,14,16H,8-13,15H2,1H3. The van der Waals surface area contributed by atoms with Crippen molar-refractivity contribution in [3.8, 4) is 11.5 Å². The van der Waals surface area contributed by atoms with E-state index in [2.05, 4.69) is 32.7 Å². The number of morpholine rings is 1. The Kier molecular flexibility index (Phi) is 5.55. The molecule has 0 N–H and O–H groups in total. The smallest absolute Gasteiger partial charge is 0.161 e. The molecule has 2 aromatic carbocycles. The zero-order valence-corrected chi connectivity index (χ0v) is 15.6. The lowest BCUT2D eigenvalue weighted by Crippen LogP contribution is -2.35. The highest BCUT2D eigenvalue weighted by atomic mass is 16.5. The van der Waals surface area contributed by atoms with Crippen molar-refractivity contribution in [2.24, 2.45) is 0 Å². The van der Waals surface area contributed by atoms with E-state index >= 15 is 0 Å². The first-order valence-corrected chi connectivity index (χ1v) is 9.33. The van der Waals surface area contributed by atoms with Gasteiger partial charge in [0.15, 0.2) is 11.5 Å². The molecule has 0 amide bonds. The van der Waals surface area contributed by atoms with Gasteiger partial charge >= 0.3 is 0 Å². The van der Waals surface area contributed by atoms with E-state index in [1.54, 1.807) is 7.11 Å². The van der Waals surface area contributed by atoms with E-state index in [1.165, 1.54) is 5.56 Å². The van der Waals surface area contributed by atoms with Gasteiger partial charge < -0.3 is 18.8 Å². The minimum Gasteiger partial charge on any atom is -0.493 e. The maximum absolute atomic E-state index is 6.06. The molecule has 0 radical (unpaired) electrons. The second-order valence-electron chi connectivity index (χ2n) is 6.65. The minimum atomic E-state index is 0.553. The third-order valence-electron chi connectivity index (χ3n) is 4.86. The molecule has 1 aliphatic heterocycles. The van der Waals surface area contributed by atoms with Crippen molar-refractivity contribution in [1.82, 2.24) is 14.5 Å². The van der Waals surface area contributed by atoms with E-state index < -0.39 is 0 Å². The second kappa shape index (κ2) is 8.41. The van der Waals surface area contributed by atoms with Gasteiger partial charge in [0, 0.05) is 19.6 Å². The maximum Gasteiger partial charge on any atom is 0.161 e. The molecule has 4 rings (SSSR count). The van der Waals surface area contributed by atoms with E-state index in [-0.39, 0.29) is 0 Å². The summed E-state index contributed by atoms with van der Waals surface area (Å²) in [5.41, 5.74) is 3.34. The average molecular weight is 367 g/mol. The summed E-state index contributed by atoms with van der Waals surface area (Å²) in [6.45, 7) is 5.73. The quantitative estimate of drug-likeness (QED) is 0.643. The summed E-state index contributed by atoms with van der Waals surface area (Å²) in [6.07, 6.45) is 1.86. The molecule has 3 aromatic rings. The molecule has 2 heterocycles. The highest BCUT2D eigenvalue weighted by Gasteiger charge is 2.13. The Morgan fingerprint density at radius 2 is 1.93 bits per heavy atom. The monoisotopic (exact) mass is 367 g/mol. The Bertz CT molecular complexity index is 887. The van der Waals surface area contributed by atoms with Crippen LogP contribution in [-0.4, -0.2) is 54.5 Å². The van der Waals surface area contributed by atoms with Crippen LogP contribution in [0.2, 0.25) is 0 Å². The average Bonchev–Trinajstić information content (AvgIpc) is 3.12. The number of imidazole rings is 1. The summed E-state index contributed by atoms with van der Waals surface area (Å²) >= 11 is 0. The van der Waals surface area contributed by atoms with E-state index in [4.69, 9.17) is 14.2 Å². The molecule has 1 aromatic heterocycles. The third kappa shape index (κ3) is 4.23. The lowest BCUT2D eigenvalue weighted by molar-refractivity contribution is 0.0341. The van der Waals surface area contributed by atoms with Gasteiger partial charge in [-0.15, -0.1) is 0 Å². The molecule has 0 bridgehead atoms. The van der Waals surface area contributed by atoms with Gasteiger partial charge in [-0.2, -0.15) is 0 Å². The van der Waals surface area contributed by atoms with Crippen LogP contribution in [0.4, 0.5) is 0 Å². The van der Waals surface area contributed by atoms with Gasteiger partial charge in [0.05, 0.1) is 44.2 Å². The molecule has 0 spiro atoms. The van der Waals surface area contributed by atoms with Gasteiger partial charge in [-0.05, 0) is 29.8 Å². The molecule has 1 saturated heterocycles. The maximum atomic E-state index is 6.06. The summed E-state index contributed by atoms with van der Waals surface area (Å²) < 4.78 is 19.1. The summed E-state index contributed by atoms with van der Waals surface area (Å²) in [4.78, 5) is 6.82. The highest BCUT2D eigenvalue weighted by Crippen LogP contribution is 2.29. The number of benzene rings is 2. The molecular formula is C21H25N3O3. The molecule has 27 heavy (non-hydrogen) atoms. The lowest BCUT2D eigenvalue weighted by atomic mass is 10.2. The third-order valence-corrected chi connectivity index (χ3v) is 4.86. The molecule has 142 valence electrons. The summed E-state index contributed by atoms with van der Waals surface area (Å²) in [7, 11) is 1.67. The van der Waals surface area contributed by atoms with Crippen molar-refractivity contribution in [2.45, 2.75) is 13.1 Å². The summed E-state index contributed by atoms with van der Waals surface area (Å²) in [6, 6.07) is 14.3. The van der Waals surface area contributed by atoms with Crippen LogP contribution in [0.3, 0.4) is 0 Å². The van der Waals surface area contributed by atoms with E-state index in [0.717, 1.165) is 61.9 Å². The van der Waals surface area contributed by atoms with Gasteiger partial charge in [-0.3, -0.25) is 4.90 Å². The Morgan fingerprint density at radius 3 is 2.78 bits per heavy atom. The van der Waals surface area contributed by atoms with Crippen LogP contribution in [0.25, 0.3) is 11.0 Å². The number of aromatic nitrogens is 2. The number of para-hydroxylation sites is 2. The van der Waals surface area contributed by atoms with Crippen LogP contribution in [0, 0.1) is 0 Å². The van der Waals surface area contributed by atoms with Crippen LogP contribution in [-0.2, 0) is 17.8 Å². The topological polar surface area (TPSA) is 48.8 Å². The van der Waals surface area contributed by atoms with Gasteiger partial charge in [0.2, 0.25) is 0 Å². The predicted molar refractivity (Wildman–Crippen MR) is 104 cm³/mol. The zero-order chi connectivity index (χ0) is 18.5. The van der Waals surface area contributed by atoms with Crippen LogP contribution < -0.4 is 9.47 Å². The summed E-state index contributed by atoms with van der Waals surface area (Å²) in [5, 5.41) is 0. The molecule has 0 atom stereocenters. The van der Waals surface area contributed by atoms with E-state index in [1.807, 2.05) is 30.6 Å². The minimum absolute atomic E-state index is 0.553. The van der Waals surface area contributed by atoms with Crippen LogP contribution in [0.15, 0.2) is 48.8 Å². The molecule has 1 fully saturated rings. The normalized spacial score (nSPS) is 15.1. The molecule has 0 aliphatic carbocycles. The summed E-state index contributed by atoms with van der Waals surface area (Å²) in [5.74, 6) is 1.55. The number of methoxy groups -OCH3 is 1. The first-order chi connectivity index (χ1) is 13.3. The van der Waals surface area contributed by atoms with Gasteiger partial charge in [0.25, 0.3) is 0 Å². The first-order valence-electron chi connectivity index (χ1n) is 9.33. The van der Waals surface area contributed by atoms with Crippen molar-refractivity contribution >= 4 is 11.0 Å². The SMILES string of the molecule is COc1ccc(CN2CCOCC2)cc1OCCn1cnc2ccccc21. The van der Waals surface area contributed by atoms with E-state index in [0.29, 0.717) is 6.61 Å². The zero-order valence-electron chi connectivity index (χ0n) is 15.6. The highest BCUT2D eigenvalue weighted by molar-refractivity contribution is 5.74. The van der Waals surface area contributed by atoms with Crippen molar-refractivity contribution in [2.75, 3.05) is 40.0 Å². The van der Waals surface area contributed by atoms with Crippen LogP contribution >= 0.6 is 0 Å². The van der Waals surface area contributed by atoms with Crippen LogP contribution in [0.5, 0.6) is 11.5 Å². The van der Waals surface area contributed by atoms with Gasteiger partial charge in [0.1, 0.15) is 6.61 Å². The Morgan fingerprint density at radius 1 is 1.07 bits per heavy atom. The molecular weight excluding hydrogens is 342 g/mol. The number of fused-ring (bicyclic) bond motifs is 1. The number of rotatable bonds is 7. The number of nitrogens with zero attached hydrogens (tertiary/aromatic N) is 3.